The Bertz CT molecular complexity index is 1110. The number of hydrogen-bond donors (Lipinski definition) is 1. The van der Waals surface area contributed by atoms with Crippen molar-refractivity contribution in [3.05, 3.63) is 63.4 Å². The Morgan fingerprint density at radius 2 is 1.70 bits per heavy atom. The lowest BCUT2D eigenvalue weighted by Crippen LogP contribution is -2.14. The molecule has 0 atom stereocenters. The van der Waals surface area contributed by atoms with Gasteiger partial charge in [-0.2, -0.15) is 18.3 Å². The van der Waals surface area contributed by atoms with E-state index in [1.807, 2.05) is 6.92 Å². The Balaban J connectivity index is 2.21. The van der Waals surface area contributed by atoms with Crippen LogP contribution in [0.1, 0.15) is 11.3 Å². The van der Waals surface area contributed by atoms with Crippen molar-refractivity contribution < 1.29 is 21.6 Å². The van der Waals surface area contributed by atoms with Crippen LogP contribution in [0.3, 0.4) is 0 Å². The maximum absolute atomic E-state index is 13.2. The van der Waals surface area contributed by atoms with E-state index in [4.69, 9.17) is 5.14 Å². The number of halogens is 4. The highest BCUT2D eigenvalue weighted by molar-refractivity contribution is 14.1. The van der Waals surface area contributed by atoms with Crippen LogP contribution in [0.15, 0.2) is 53.4 Å². The van der Waals surface area contributed by atoms with Gasteiger partial charge in [0.05, 0.1) is 16.3 Å². The van der Waals surface area contributed by atoms with Crippen LogP contribution in [0.5, 0.6) is 0 Å². The van der Waals surface area contributed by atoms with Crippen molar-refractivity contribution in [2.75, 3.05) is 0 Å². The fourth-order valence-electron chi connectivity index (χ4n) is 2.50. The number of primary sulfonamides is 1. The molecule has 0 aliphatic heterocycles. The van der Waals surface area contributed by atoms with Crippen LogP contribution >= 0.6 is 22.6 Å². The van der Waals surface area contributed by atoms with Crippen molar-refractivity contribution in [2.24, 2.45) is 5.14 Å². The minimum atomic E-state index is -4.61. The quantitative estimate of drug-likeness (QED) is 0.542. The van der Waals surface area contributed by atoms with Gasteiger partial charge in [0.25, 0.3) is 0 Å². The Morgan fingerprint density at radius 1 is 1.07 bits per heavy atom. The maximum Gasteiger partial charge on any atom is 0.435 e. The van der Waals surface area contributed by atoms with Crippen LogP contribution in [-0.2, 0) is 16.2 Å². The van der Waals surface area contributed by atoms with E-state index in [1.54, 1.807) is 46.9 Å². The number of rotatable bonds is 3. The molecule has 27 heavy (non-hydrogen) atoms. The minimum absolute atomic E-state index is 0.105. The monoisotopic (exact) mass is 507 g/mol. The van der Waals surface area contributed by atoms with Gasteiger partial charge in [-0.05, 0) is 53.8 Å². The van der Waals surface area contributed by atoms with Crippen molar-refractivity contribution in [2.45, 2.75) is 18.0 Å². The van der Waals surface area contributed by atoms with Crippen LogP contribution < -0.4 is 5.14 Å². The van der Waals surface area contributed by atoms with Crippen molar-refractivity contribution in [1.29, 1.82) is 0 Å². The average Bonchev–Trinajstić information content (AvgIpc) is 2.99. The first-order valence-electron chi connectivity index (χ1n) is 7.54. The molecular weight excluding hydrogens is 494 g/mol. The molecule has 0 fully saturated rings. The first-order chi connectivity index (χ1) is 12.5. The van der Waals surface area contributed by atoms with Gasteiger partial charge in [-0.1, -0.05) is 29.8 Å². The summed E-state index contributed by atoms with van der Waals surface area (Å²) < 4.78 is 64.2. The molecule has 0 aliphatic carbocycles. The minimum Gasteiger partial charge on any atom is -0.232 e. The Morgan fingerprint density at radius 3 is 2.22 bits per heavy atom. The second-order valence-corrected chi connectivity index (χ2v) is 8.54. The highest BCUT2D eigenvalue weighted by Crippen LogP contribution is 2.34. The fourth-order valence-corrected chi connectivity index (χ4v) is 4.51. The smallest absolute Gasteiger partial charge is 0.232 e. The lowest BCUT2D eigenvalue weighted by molar-refractivity contribution is -0.141. The van der Waals surface area contributed by atoms with Crippen molar-refractivity contribution >= 4 is 32.6 Å². The molecule has 0 amide bonds. The zero-order valence-corrected chi connectivity index (χ0v) is 16.8. The van der Waals surface area contributed by atoms with Gasteiger partial charge in [-0.25, -0.2) is 18.2 Å². The summed E-state index contributed by atoms with van der Waals surface area (Å²) in [6, 6.07) is 12.0. The van der Waals surface area contributed by atoms with Crippen molar-refractivity contribution in [3.63, 3.8) is 0 Å². The van der Waals surface area contributed by atoms with E-state index in [1.165, 1.54) is 18.2 Å². The van der Waals surface area contributed by atoms with Gasteiger partial charge >= 0.3 is 6.18 Å². The predicted molar refractivity (Wildman–Crippen MR) is 103 cm³/mol. The molecule has 1 aromatic heterocycles. The highest BCUT2D eigenvalue weighted by atomic mass is 127. The van der Waals surface area contributed by atoms with E-state index < -0.39 is 21.9 Å². The third-order valence-corrected chi connectivity index (χ3v) is 6.04. The molecule has 1 heterocycles. The second kappa shape index (κ2) is 6.91. The molecule has 2 N–H and O–H groups in total. The first-order valence-corrected chi connectivity index (χ1v) is 10.2. The number of nitrogens with zero attached hydrogens (tertiary/aromatic N) is 2. The van der Waals surface area contributed by atoms with Gasteiger partial charge in [0.2, 0.25) is 10.0 Å². The summed E-state index contributed by atoms with van der Waals surface area (Å²) in [5.74, 6) is 0. The molecule has 0 saturated heterocycles. The van der Waals surface area contributed by atoms with Gasteiger partial charge in [0, 0.05) is 9.13 Å². The molecule has 3 rings (SSSR count). The zero-order chi connectivity index (χ0) is 20.0. The van der Waals surface area contributed by atoms with Gasteiger partial charge in [-0.15, -0.1) is 0 Å². The average molecular weight is 507 g/mol. The molecule has 142 valence electrons. The lowest BCUT2D eigenvalue weighted by atomic mass is 10.1. The number of alkyl halides is 3. The lowest BCUT2D eigenvalue weighted by Gasteiger charge is -2.10. The van der Waals surface area contributed by atoms with E-state index in [-0.39, 0.29) is 19.8 Å². The third-order valence-electron chi connectivity index (χ3n) is 3.81. The number of nitrogens with two attached hydrogens (primary N) is 1. The summed E-state index contributed by atoms with van der Waals surface area (Å²) in [6.07, 6.45) is -4.61. The molecule has 2 aromatic carbocycles. The molecular formula is C17H13F3IN3O2S. The molecule has 0 unspecified atom stereocenters. The Kier molecular flexibility index (Phi) is 5.08. The third kappa shape index (κ3) is 4.17. The largest absolute Gasteiger partial charge is 0.435 e. The SMILES string of the molecule is Cc1ccc(-c2cc(C(F)(F)F)nn2-c2ccc(S(N)(=O)=O)c(I)c2)cc1. The second-order valence-electron chi connectivity index (χ2n) is 5.85. The summed E-state index contributed by atoms with van der Waals surface area (Å²) in [4.78, 5) is -0.105. The molecule has 0 radical (unpaired) electrons. The summed E-state index contributed by atoms with van der Waals surface area (Å²) in [6.45, 7) is 1.87. The standard InChI is InChI=1S/C17H13F3IN3O2S/c1-10-2-4-11(5-3-10)14-9-16(17(18,19)20)23-24(14)12-6-7-15(13(21)8-12)27(22,25)26/h2-9H,1H3,(H2,22,25,26). The van der Waals surface area contributed by atoms with E-state index in [0.717, 1.165) is 16.3 Å². The van der Waals surface area contributed by atoms with E-state index in [9.17, 15) is 21.6 Å². The molecule has 0 bridgehead atoms. The molecule has 0 aliphatic rings. The summed E-state index contributed by atoms with van der Waals surface area (Å²) in [5, 5.41) is 8.83. The summed E-state index contributed by atoms with van der Waals surface area (Å²) >= 11 is 1.77. The molecule has 0 spiro atoms. The van der Waals surface area contributed by atoms with E-state index in [0.29, 0.717) is 5.56 Å². The van der Waals surface area contributed by atoms with Crippen LogP contribution in [0.2, 0.25) is 0 Å². The van der Waals surface area contributed by atoms with Crippen LogP contribution in [0.4, 0.5) is 13.2 Å². The molecule has 0 saturated carbocycles. The molecule has 10 heteroatoms. The zero-order valence-electron chi connectivity index (χ0n) is 13.8. The number of benzene rings is 2. The highest BCUT2D eigenvalue weighted by Gasteiger charge is 2.35. The van der Waals surface area contributed by atoms with Crippen LogP contribution in [0.25, 0.3) is 16.9 Å². The van der Waals surface area contributed by atoms with Crippen LogP contribution in [0, 0.1) is 10.5 Å². The number of aromatic nitrogens is 2. The Hall–Kier alpha value is -1.92. The predicted octanol–water partition coefficient (Wildman–Crippen LogP) is 4.12. The number of aryl methyl sites for hydroxylation is 1. The fraction of sp³-hybridized carbons (Fsp3) is 0.118. The summed E-state index contributed by atoms with van der Waals surface area (Å²) in [5.41, 5.74) is 1.00. The maximum atomic E-state index is 13.2. The van der Waals surface area contributed by atoms with Crippen molar-refractivity contribution in [1.82, 2.24) is 9.78 Å². The molecule has 5 nitrogen and oxygen atoms in total. The van der Waals surface area contributed by atoms with Gasteiger partial charge in [-0.3, -0.25) is 0 Å². The number of hydrogen-bond acceptors (Lipinski definition) is 3. The van der Waals surface area contributed by atoms with Crippen molar-refractivity contribution in [3.8, 4) is 16.9 Å². The van der Waals surface area contributed by atoms with Gasteiger partial charge in [0.15, 0.2) is 5.69 Å². The number of sulfonamides is 1. The summed E-state index contributed by atoms with van der Waals surface area (Å²) in [7, 11) is -3.93. The normalized spacial score (nSPS) is 12.4. The van der Waals surface area contributed by atoms with Crippen LogP contribution in [-0.4, -0.2) is 18.2 Å². The first kappa shape index (κ1) is 19.8. The van der Waals surface area contributed by atoms with Gasteiger partial charge in [0.1, 0.15) is 0 Å². The van der Waals surface area contributed by atoms with E-state index >= 15 is 0 Å². The Labute approximate surface area is 167 Å². The van der Waals surface area contributed by atoms with E-state index in [2.05, 4.69) is 5.10 Å². The topological polar surface area (TPSA) is 78.0 Å². The molecule has 3 aromatic rings. The van der Waals surface area contributed by atoms with Gasteiger partial charge < -0.3 is 0 Å².